The summed E-state index contributed by atoms with van der Waals surface area (Å²) in [6.45, 7) is 67.5. The molecular formula is C64H132N6. The normalized spacial score (nSPS) is 24.9. The van der Waals surface area contributed by atoms with Gasteiger partial charge in [-0.25, -0.2) is 0 Å². The fourth-order valence-electron chi connectivity index (χ4n) is 13.5. The lowest BCUT2D eigenvalue weighted by atomic mass is 9.88. The first kappa shape index (κ1) is 65.9. The highest BCUT2D eigenvalue weighted by atomic mass is 15.3. The molecule has 1 saturated carbocycles. The van der Waals surface area contributed by atoms with Crippen LogP contribution in [0.15, 0.2) is 0 Å². The maximum Gasteiger partial charge on any atom is 0.0239 e. The van der Waals surface area contributed by atoms with Gasteiger partial charge in [0.2, 0.25) is 0 Å². The summed E-state index contributed by atoms with van der Waals surface area (Å²) in [7, 11) is 0. The average molecular weight is 986 g/mol. The Morgan fingerprint density at radius 1 is 0.257 bits per heavy atom. The molecule has 418 valence electrons. The molecule has 70 heavy (non-hydrogen) atoms. The first-order valence-corrected chi connectivity index (χ1v) is 31.2. The van der Waals surface area contributed by atoms with Gasteiger partial charge < -0.3 is 19.6 Å². The molecule has 2 bridgehead atoms. The Morgan fingerprint density at radius 3 is 0.729 bits per heavy atom. The number of piperazine rings is 2. The molecule has 0 aromatic rings. The maximum absolute atomic E-state index is 2.71. The van der Waals surface area contributed by atoms with E-state index in [4.69, 9.17) is 0 Å². The van der Waals surface area contributed by atoms with E-state index in [0.717, 1.165) is 94.9 Å². The minimum atomic E-state index is 0.812. The fraction of sp³-hybridized carbons (Fsp3) is 1.00. The summed E-state index contributed by atoms with van der Waals surface area (Å²) in [5.74, 6) is 12.7. The topological polar surface area (TPSA) is 19.4 Å². The maximum atomic E-state index is 2.71. The van der Waals surface area contributed by atoms with E-state index >= 15 is 0 Å². The Hall–Kier alpha value is -0.240. The van der Waals surface area contributed by atoms with Gasteiger partial charge in [0.15, 0.2) is 0 Å². The van der Waals surface area contributed by atoms with Gasteiger partial charge >= 0.3 is 0 Å². The minimum Gasteiger partial charge on any atom is -0.303 e. The molecule has 0 radical (unpaired) electrons. The van der Waals surface area contributed by atoms with Crippen LogP contribution in [0.4, 0.5) is 0 Å². The third kappa shape index (κ3) is 31.0. The van der Waals surface area contributed by atoms with Gasteiger partial charge in [-0.2, -0.15) is 0 Å². The van der Waals surface area contributed by atoms with E-state index in [0.29, 0.717) is 0 Å². The van der Waals surface area contributed by atoms with E-state index < -0.39 is 0 Å². The Morgan fingerprint density at radius 2 is 0.500 bits per heavy atom. The van der Waals surface area contributed by atoms with Crippen molar-refractivity contribution in [2.75, 3.05) is 105 Å². The van der Waals surface area contributed by atoms with Crippen molar-refractivity contribution in [3.8, 4) is 0 Å². The molecule has 0 aromatic carbocycles. The predicted molar refractivity (Wildman–Crippen MR) is 314 cm³/mol. The lowest BCUT2D eigenvalue weighted by Crippen LogP contribution is -2.48. The molecule has 5 aliphatic heterocycles. The molecule has 4 unspecified atom stereocenters. The van der Waals surface area contributed by atoms with E-state index in [1.165, 1.54) is 182 Å². The van der Waals surface area contributed by atoms with Crippen LogP contribution in [0.5, 0.6) is 0 Å². The second kappa shape index (κ2) is 35.9. The van der Waals surface area contributed by atoms with Crippen LogP contribution in [0.2, 0.25) is 0 Å². The molecule has 6 nitrogen and oxygen atoms in total. The molecule has 0 N–H and O–H groups in total. The highest BCUT2D eigenvalue weighted by Gasteiger charge is 2.42. The summed E-state index contributed by atoms with van der Waals surface area (Å²) in [4.78, 5) is 15.9. The summed E-state index contributed by atoms with van der Waals surface area (Å²) >= 11 is 0. The van der Waals surface area contributed by atoms with Gasteiger partial charge in [-0.15, -0.1) is 0 Å². The van der Waals surface area contributed by atoms with Gasteiger partial charge in [0, 0.05) is 90.6 Å². The molecule has 5 saturated heterocycles. The largest absolute Gasteiger partial charge is 0.303 e. The van der Waals surface area contributed by atoms with Gasteiger partial charge in [0.25, 0.3) is 0 Å². The molecule has 6 heteroatoms. The zero-order chi connectivity index (χ0) is 52.5. The number of likely N-dealkylation sites (tertiary alicyclic amines) is 4. The van der Waals surface area contributed by atoms with Crippen LogP contribution in [-0.2, 0) is 0 Å². The Kier molecular flexibility index (Phi) is 33.8. The summed E-state index contributed by atoms with van der Waals surface area (Å²) in [5.41, 5.74) is 0. The highest BCUT2D eigenvalue weighted by molar-refractivity contribution is 4.99. The molecule has 5 heterocycles. The summed E-state index contributed by atoms with van der Waals surface area (Å²) in [6, 6.07) is 1.74. The number of hydrogen-bond acceptors (Lipinski definition) is 6. The molecular weight excluding hydrogens is 853 g/mol. The highest BCUT2D eigenvalue weighted by Crippen LogP contribution is 2.38. The smallest absolute Gasteiger partial charge is 0.0239 e. The SMILES string of the molecule is CC(C)CC1CCC(CC(C)C)C1.CC(C)CC1CCN(CC(C)C)CC1.CC(C)CC1CCN(CC(C)C)CC1.CC(C)CN1CC2CC1CN2CC(C)C.CC(C)CN1CCN(CC(C)C)CC1. The van der Waals surface area contributed by atoms with Crippen LogP contribution in [-0.4, -0.2) is 146 Å². The van der Waals surface area contributed by atoms with Crippen molar-refractivity contribution in [2.24, 2.45) is 82.9 Å². The molecule has 4 atom stereocenters. The molecule has 0 spiro atoms. The van der Waals surface area contributed by atoms with Crippen LogP contribution >= 0.6 is 0 Å². The summed E-state index contributed by atoms with van der Waals surface area (Å²) in [6.07, 6.45) is 17.5. The van der Waals surface area contributed by atoms with Crippen molar-refractivity contribution >= 4 is 0 Å². The molecule has 1 aliphatic carbocycles. The van der Waals surface area contributed by atoms with Crippen LogP contribution in [0.3, 0.4) is 0 Å². The van der Waals surface area contributed by atoms with Gasteiger partial charge in [-0.1, -0.05) is 151 Å². The zero-order valence-electron chi connectivity index (χ0n) is 51.7. The van der Waals surface area contributed by atoms with Crippen LogP contribution in [0, 0.1) is 82.9 Å². The first-order chi connectivity index (χ1) is 32.9. The van der Waals surface area contributed by atoms with E-state index in [1.807, 2.05) is 0 Å². The van der Waals surface area contributed by atoms with Crippen molar-refractivity contribution in [2.45, 2.75) is 228 Å². The van der Waals surface area contributed by atoms with Gasteiger partial charge in [-0.3, -0.25) is 9.80 Å². The van der Waals surface area contributed by atoms with Crippen molar-refractivity contribution in [3.63, 3.8) is 0 Å². The quantitative estimate of drug-likeness (QED) is 0.120. The van der Waals surface area contributed by atoms with Crippen LogP contribution < -0.4 is 0 Å². The standard InChI is InChI=1S/C13H26N2.2C13H27N.C13H26.C12H26N2/c1-10(2)6-14-8-13-5-12(14)9-15(13)7-11(3)4;2*1-11(2)9-13-5-7-14(8-6-13)10-12(3)4;1-10(2)7-12-5-6-13(9-12)8-11(3)4;1-11(2)9-13-5-7-14(8-6-13)10-12(3)4/h10-13H,5-9H2,1-4H3;2*11-13H,5-10H2,1-4H3;10-13H,5-9H2,1-4H3;11-12H,5-10H2,1-4H3. The summed E-state index contributed by atoms with van der Waals surface area (Å²) < 4.78 is 0. The second-order valence-electron chi connectivity index (χ2n) is 29.0. The van der Waals surface area contributed by atoms with E-state index in [-0.39, 0.29) is 0 Å². The molecule has 6 fully saturated rings. The molecule has 6 aliphatic rings. The van der Waals surface area contributed by atoms with Crippen molar-refractivity contribution < 1.29 is 0 Å². The lowest BCUT2D eigenvalue weighted by molar-refractivity contribution is 0.109. The van der Waals surface area contributed by atoms with Gasteiger partial charge in [0.05, 0.1) is 0 Å². The average Bonchev–Trinajstić information content (AvgIpc) is 3.95. The Balaban J connectivity index is 0.000000300. The van der Waals surface area contributed by atoms with Crippen LogP contribution in [0.1, 0.15) is 216 Å². The minimum absolute atomic E-state index is 0.812. The van der Waals surface area contributed by atoms with E-state index in [9.17, 15) is 0 Å². The van der Waals surface area contributed by atoms with Gasteiger partial charge in [-0.05, 0) is 173 Å². The third-order valence-corrected chi connectivity index (χ3v) is 15.9. The second-order valence-corrected chi connectivity index (χ2v) is 29.0. The van der Waals surface area contributed by atoms with Crippen molar-refractivity contribution in [1.82, 2.24) is 29.4 Å². The number of rotatable bonds is 20. The monoisotopic (exact) mass is 985 g/mol. The molecule has 0 amide bonds. The van der Waals surface area contributed by atoms with E-state index in [1.54, 1.807) is 0 Å². The molecule has 6 rings (SSSR count). The van der Waals surface area contributed by atoms with Crippen LogP contribution in [0.25, 0.3) is 0 Å². The fourth-order valence-corrected chi connectivity index (χ4v) is 13.5. The Labute approximate surface area is 442 Å². The number of piperidine rings is 2. The summed E-state index contributed by atoms with van der Waals surface area (Å²) in [5, 5.41) is 0. The van der Waals surface area contributed by atoms with Gasteiger partial charge in [0.1, 0.15) is 0 Å². The number of nitrogens with zero attached hydrogens (tertiary/aromatic N) is 6. The third-order valence-electron chi connectivity index (χ3n) is 15.9. The zero-order valence-corrected chi connectivity index (χ0v) is 51.7. The lowest BCUT2D eigenvalue weighted by Gasteiger charge is -2.36. The predicted octanol–water partition coefficient (Wildman–Crippen LogP) is 15.3. The van der Waals surface area contributed by atoms with E-state index in [2.05, 4.69) is 168 Å². The first-order valence-electron chi connectivity index (χ1n) is 31.2. The van der Waals surface area contributed by atoms with Crippen molar-refractivity contribution in [1.29, 1.82) is 0 Å². The molecule has 0 aromatic heterocycles. The van der Waals surface area contributed by atoms with Crippen molar-refractivity contribution in [3.05, 3.63) is 0 Å². The Bertz CT molecular complexity index is 1040. The number of hydrogen-bond donors (Lipinski definition) is 0. The number of fused-ring (bicyclic) bond motifs is 2.